The molecule has 1 saturated carbocycles. The summed E-state index contributed by atoms with van der Waals surface area (Å²) in [6, 6.07) is 3.03. The maximum atomic E-state index is 4.50. The van der Waals surface area contributed by atoms with Crippen LogP contribution in [0.25, 0.3) is 0 Å². The van der Waals surface area contributed by atoms with E-state index < -0.39 is 0 Å². The fourth-order valence-corrected chi connectivity index (χ4v) is 2.45. The fourth-order valence-electron chi connectivity index (χ4n) is 2.45. The molecule has 1 aliphatic rings. The zero-order chi connectivity index (χ0) is 12.3. The highest BCUT2D eigenvalue weighted by Crippen LogP contribution is 2.18. The summed E-state index contributed by atoms with van der Waals surface area (Å²) in [7, 11) is 0. The van der Waals surface area contributed by atoms with Crippen LogP contribution in [0.4, 0.5) is 0 Å². The second kappa shape index (κ2) is 5.67. The van der Waals surface area contributed by atoms with Crippen molar-refractivity contribution in [3.05, 3.63) is 17.5 Å². The molecule has 1 atom stereocenters. The second-order valence-corrected chi connectivity index (χ2v) is 5.44. The van der Waals surface area contributed by atoms with Crippen molar-refractivity contribution in [1.29, 1.82) is 0 Å². The van der Waals surface area contributed by atoms with E-state index in [4.69, 9.17) is 0 Å². The van der Waals surface area contributed by atoms with Crippen molar-refractivity contribution in [3.63, 3.8) is 0 Å². The average Bonchev–Trinajstić information content (AvgIpc) is 2.56. The van der Waals surface area contributed by atoms with Crippen molar-refractivity contribution in [2.24, 2.45) is 5.92 Å². The topological polar surface area (TPSA) is 29.9 Å². The molecular formula is C14H25N3. The number of hydrogen-bond donors (Lipinski definition) is 1. The van der Waals surface area contributed by atoms with Crippen molar-refractivity contribution in [2.75, 3.05) is 6.54 Å². The predicted octanol–water partition coefficient (Wildman–Crippen LogP) is 2.53. The number of hydrogen-bond acceptors (Lipinski definition) is 2. The number of aromatic nitrogens is 2. The number of aryl methyl sites for hydroxylation is 2. The lowest BCUT2D eigenvalue weighted by Gasteiger charge is -2.28. The molecule has 2 rings (SSSR count). The van der Waals surface area contributed by atoms with E-state index in [1.165, 1.54) is 25.0 Å². The van der Waals surface area contributed by atoms with Crippen molar-refractivity contribution in [1.82, 2.24) is 15.1 Å². The first kappa shape index (κ1) is 12.6. The van der Waals surface area contributed by atoms with Crippen LogP contribution in [0, 0.1) is 12.8 Å². The Morgan fingerprint density at radius 2 is 2.29 bits per heavy atom. The highest BCUT2D eigenvalue weighted by molar-refractivity contribution is 5.09. The van der Waals surface area contributed by atoms with E-state index in [2.05, 4.69) is 41.9 Å². The van der Waals surface area contributed by atoms with Gasteiger partial charge in [-0.2, -0.15) is 5.10 Å². The molecule has 0 radical (unpaired) electrons. The van der Waals surface area contributed by atoms with Gasteiger partial charge in [0.05, 0.1) is 5.69 Å². The van der Waals surface area contributed by atoms with E-state index in [1.807, 2.05) is 0 Å². The van der Waals surface area contributed by atoms with E-state index in [-0.39, 0.29) is 0 Å². The van der Waals surface area contributed by atoms with Gasteiger partial charge in [0.25, 0.3) is 0 Å². The Kier molecular flexibility index (Phi) is 4.21. The van der Waals surface area contributed by atoms with Crippen molar-refractivity contribution < 1.29 is 0 Å². The molecule has 0 aliphatic heterocycles. The Labute approximate surface area is 105 Å². The molecular weight excluding hydrogens is 210 g/mol. The number of nitrogens with one attached hydrogen (secondary N) is 1. The van der Waals surface area contributed by atoms with Crippen molar-refractivity contribution in [2.45, 2.75) is 59.0 Å². The first-order chi connectivity index (χ1) is 8.19. The SMILES string of the molecule is CCn1nc(C)cc1CC(C)CNC1CCC1. The second-order valence-electron chi connectivity index (χ2n) is 5.44. The summed E-state index contributed by atoms with van der Waals surface area (Å²) < 4.78 is 2.13. The van der Waals surface area contributed by atoms with Crippen LogP contribution in [0.5, 0.6) is 0 Å². The molecule has 96 valence electrons. The molecule has 0 aromatic carbocycles. The normalized spacial score (nSPS) is 18.1. The fraction of sp³-hybridized carbons (Fsp3) is 0.786. The highest BCUT2D eigenvalue weighted by Gasteiger charge is 2.17. The van der Waals surface area contributed by atoms with Crippen LogP contribution in [0.2, 0.25) is 0 Å². The van der Waals surface area contributed by atoms with Crippen LogP contribution >= 0.6 is 0 Å². The van der Waals surface area contributed by atoms with Crippen LogP contribution < -0.4 is 5.32 Å². The van der Waals surface area contributed by atoms with E-state index in [0.717, 1.165) is 31.2 Å². The Balaban J connectivity index is 1.81. The standard InChI is InChI=1S/C14H25N3/c1-4-17-14(9-12(3)16-17)8-11(2)10-15-13-6-5-7-13/h9,11,13,15H,4-8,10H2,1-3H3. The lowest BCUT2D eigenvalue weighted by molar-refractivity contribution is 0.319. The molecule has 0 spiro atoms. The van der Waals surface area contributed by atoms with E-state index in [1.54, 1.807) is 0 Å². The minimum atomic E-state index is 0.692. The van der Waals surface area contributed by atoms with Gasteiger partial charge in [0.2, 0.25) is 0 Å². The molecule has 1 aliphatic carbocycles. The molecule has 1 N–H and O–H groups in total. The van der Waals surface area contributed by atoms with Crippen LogP contribution in [0.3, 0.4) is 0 Å². The molecule has 1 aromatic heterocycles. The van der Waals surface area contributed by atoms with Crippen LogP contribution in [0.15, 0.2) is 6.07 Å². The summed E-state index contributed by atoms with van der Waals surface area (Å²) in [5.41, 5.74) is 2.52. The predicted molar refractivity (Wildman–Crippen MR) is 71.1 cm³/mol. The molecule has 1 aromatic rings. The Hall–Kier alpha value is -0.830. The number of nitrogens with zero attached hydrogens (tertiary/aromatic N) is 2. The minimum absolute atomic E-state index is 0.692. The summed E-state index contributed by atoms with van der Waals surface area (Å²) in [6.07, 6.45) is 5.29. The summed E-state index contributed by atoms with van der Waals surface area (Å²) in [5, 5.41) is 8.15. The third-order valence-electron chi connectivity index (χ3n) is 3.70. The molecule has 3 heteroatoms. The van der Waals surface area contributed by atoms with Crippen molar-refractivity contribution in [3.8, 4) is 0 Å². The van der Waals surface area contributed by atoms with Gasteiger partial charge in [-0.25, -0.2) is 0 Å². The molecule has 1 heterocycles. The van der Waals surface area contributed by atoms with E-state index in [0.29, 0.717) is 5.92 Å². The van der Waals surface area contributed by atoms with Gasteiger partial charge in [-0.05, 0) is 51.6 Å². The zero-order valence-electron chi connectivity index (χ0n) is 11.4. The van der Waals surface area contributed by atoms with Crippen LogP contribution in [-0.4, -0.2) is 22.4 Å². The van der Waals surface area contributed by atoms with Gasteiger partial charge < -0.3 is 5.32 Å². The van der Waals surface area contributed by atoms with Gasteiger partial charge >= 0.3 is 0 Å². The maximum Gasteiger partial charge on any atom is 0.0596 e. The molecule has 1 fully saturated rings. The first-order valence-corrected chi connectivity index (χ1v) is 6.95. The van der Waals surface area contributed by atoms with Gasteiger partial charge in [0.1, 0.15) is 0 Å². The minimum Gasteiger partial charge on any atom is -0.314 e. The van der Waals surface area contributed by atoms with Crippen LogP contribution in [-0.2, 0) is 13.0 Å². The van der Waals surface area contributed by atoms with Gasteiger partial charge in [0, 0.05) is 18.3 Å². The Morgan fingerprint density at radius 1 is 1.53 bits per heavy atom. The smallest absolute Gasteiger partial charge is 0.0596 e. The summed E-state index contributed by atoms with van der Waals surface area (Å²) >= 11 is 0. The molecule has 17 heavy (non-hydrogen) atoms. The van der Waals surface area contributed by atoms with Gasteiger partial charge in [-0.1, -0.05) is 13.3 Å². The highest BCUT2D eigenvalue weighted by atomic mass is 15.3. The molecule has 0 amide bonds. The average molecular weight is 235 g/mol. The molecule has 3 nitrogen and oxygen atoms in total. The third kappa shape index (κ3) is 3.32. The number of rotatable bonds is 6. The third-order valence-corrected chi connectivity index (χ3v) is 3.70. The summed E-state index contributed by atoms with van der Waals surface area (Å²) in [6.45, 7) is 8.68. The Morgan fingerprint density at radius 3 is 2.88 bits per heavy atom. The van der Waals surface area contributed by atoms with Gasteiger partial charge in [0.15, 0.2) is 0 Å². The van der Waals surface area contributed by atoms with Crippen LogP contribution in [0.1, 0.15) is 44.5 Å². The molecule has 0 bridgehead atoms. The first-order valence-electron chi connectivity index (χ1n) is 6.95. The lowest BCUT2D eigenvalue weighted by Crippen LogP contribution is -2.38. The zero-order valence-corrected chi connectivity index (χ0v) is 11.4. The van der Waals surface area contributed by atoms with Gasteiger partial charge in [-0.15, -0.1) is 0 Å². The quantitative estimate of drug-likeness (QED) is 0.821. The van der Waals surface area contributed by atoms with E-state index in [9.17, 15) is 0 Å². The van der Waals surface area contributed by atoms with E-state index >= 15 is 0 Å². The summed E-state index contributed by atoms with van der Waals surface area (Å²) in [5.74, 6) is 0.692. The molecule has 0 saturated heterocycles. The Bertz CT molecular complexity index is 352. The largest absolute Gasteiger partial charge is 0.314 e. The monoisotopic (exact) mass is 235 g/mol. The van der Waals surface area contributed by atoms with Gasteiger partial charge in [-0.3, -0.25) is 4.68 Å². The maximum absolute atomic E-state index is 4.50. The summed E-state index contributed by atoms with van der Waals surface area (Å²) in [4.78, 5) is 0. The molecule has 1 unspecified atom stereocenters. The van der Waals surface area contributed by atoms with Crippen molar-refractivity contribution >= 4 is 0 Å². The lowest BCUT2D eigenvalue weighted by atomic mass is 9.92.